The van der Waals surface area contributed by atoms with Gasteiger partial charge in [0.05, 0.1) is 24.4 Å². The number of aromatic nitrogens is 5. The summed E-state index contributed by atoms with van der Waals surface area (Å²) < 4.78 is 62.7. The van der Waals surface area contributed by atoms with Crippen molar-refractivity contribution in [2.75, 3.05) is 25.9 Å². The van der Waals surface area contributed by atoms with E-state index >= 15 is 4.39 Å². The molecular formula is C26H24F4N8O2. The third-order valence-corrected chi connectivity index (χ3v) is 7.45. The molecule has 0 radical (unpaired) electrons. The fraction of sp³-hybridized carbons (Fsp3) is 0.346. The number of nitrogen functional groups attached to an aromatic ring is 1. The van der Waals surface area contributed by atoms with Gasteiger partial charge in [-0.05, 0) is 36.6 Å². The van der Waals surface area contributed by atoms with Crippen molar-refractivity contribution < 1.29 is 27.1 Å². The molecule has 208 valence electrons. The Bertz CT molecular complexity index is 1610. The number of pyridine rings is 2. The van der Waals surface area contributed by atoms with Crippen LogP contribution in [0.3, 0.4) is 0 Å². The zero-order chi connectivity index (χ0) is 28.2. The Balaban J connectivity index is 1.29. The first-order valence-electron chi connectivity index (χ1n) is 12.5. The van der Waals surface area contributed by atoms with E-state index in [1.807, 2.05) is 17.0 Å². The fourth-order valence-corrected chi connectivity index (χ4v) is 5.61. The maximum atomic E-state index is 15.1. The molecule has 0 aromatic carbocycles. The first-order chi connectivity index (χ1) is 19.2. The summed E-state index contributed by atoms with van der Waals surface area (Å²) in [6, 6.07) is 5.27. The molecule has 14 heteroatoms. The molecule has 1 amide bonds. The number of alkyl halides is 4. The summed E-state index contributed by atoms with van der Waals surface area (Å²) in [6.45, 7) is 0.437. The van der Waals surface area contributed by atoms with Crippen molar-refractivity contribution in [3.05, 3.63) is 65.4 Å². The summed E-state index contributed by atoms with van der Waals surface area (Å²) in [6.07, 6.45) is -0.400. The molecule has 1 aliphatic heterocycles. The molecule has 1 unspecified atom stereocenters. The molecule has 6 rings (SSSR count). The van der Waals surface area contributed by atoms with Gasteiger partial charge in [-0.25, -0.2) is 18.9 Å². The van der Waals surface area contributed by atoms with Gasteiger partial charge in [0.15, 0.2) is 5.82 Å². The highest BCUT2D eigenvalue weighted by molar-refractivity contribution is 5.98. The molecule has 4 aromatic rings. The number of carbonyl (C=O) groups is 1. The van der Waals surface area contributed by atoms with Crippen LogP contribution in [-0.4, -0.2) is 67.8 Å². The minimum absolute atomic E-state index is 0.00968. The standard InChI is InChI=1S/C26H24F4N8O2/c1-40-25-15(7-13(9-33-25)21-8-16(26(28,29)30)22-23(31)34-12-35-38(21)22)24(39)36-19-11-37(10-17(19)27)20-5-4-18-14(20)3-2-6-32-18/h2-3,6-9,12,17,19-20H,4-5,10-11H2,1H3,(H,36,39)(H2,31,34,35)/t17-,19+,20?/m0/s1. The second-order valence-electron chi connectivity index (χ2n) is 9.77. The molecule has 3 N–H and O–H groups in total. The highest BCUT2D eigenvalue weighted by Crippen LogP contribution is 2.39. The van der Waals surface area contributed by atoms with Gasteiger partial charge in [0, 0.05) is 42.8 Å². The van der Waals surface area contributed by atoms with Gasteiger partial charge in [-0.15, -0.1) is 0 Å². The lowest BCUT2D eigenvalue weighted by Gasteiger charge is -2.24. The van der Waals surface area contributed by atoms with Crippen molar-refractivity contribution in [1.29, 1.82) is 0 Å². The molecule has 0 bridgehead atoms. The van der Waals surface area contributed by atoms with Crippen LogP contribution < -0.4 is 15.8 Å². The molecule has 1 fully saturated rings. The Hall–Kier alpha value is -4.33. The van der Waals surface area contributed by atoms with Crippen molar-refractivity contribution in [3.8, 4) is 17.1 Å². The van der Waals surface area contributed by atoms with Crippen LogP contribution >= 0.6 is 0 Å². The second kappa shape index (κ2) is 9.70. The van der Waals surface area contributed by atoms with Crippen LogP contribution in [0.5, 0.6) is 5.88 Å². The van der Waals surface area contributed by atoms with E-state index in [1.165, 1.54) is 19.4 Å². The van der Waals surface area contributed by atoms with Gasteiger partial charge in [-0.2, -0.15) is 18.3 Å². The van der Waals surface area contributed by atoms with E-state index in [-0.39, 0.29) is 47.7 Å². The number of aryl methyl sites for hydroxylation is 1. The van der Waals surface area contributed by atoms with Crippen LogP contribution in [0.15, 0.2) is 43.0 Å². The van der Waals surface area contributed by atoms with Crippen LogP contribution in [0.4, 0.5) is 23.4 Å². The maximum absolute atomic E-state index is 15.1. The van der Waals surface area contributed by atoms with Crippen molar-refractivity contribution in [3.63, 3.8) is 0 Å². The van der Waals surface area contributed by atoms with Crippen LogP contribution in [0.2, 0.25) is 0 Å². The normalized spacial score (nSPS) is 21.1. The summed E-state index contributed by atoms with van der Waals surface area (Å²) in [4.78, 5) is 27.6. The highest BCUT2D eigenvalue weighted by Gasteiger charge is 2.40. The number of ether oxygens (including phenoxy) is 1. The molecule has 4 aromatic heterocycles. The van der Waals surface area contributed by atoms with Crippen LogP contribution in [0, 0.1) is 0 Å². The fourth-order valence-electron chi connectivity index (χ4n) is 5.61. The Morgan fingerprint density at radius 1 is 1.20 bits per heavy atom. The summed E-state index contributed by atoms with van der Waals surface area (Å²) >= 11 is 0. The average molecular weight is 557 g/mol. The molecule has 40 heavy (non-hydrogen) atoms. The van der Waals surface area contributed by atoms with Gasteiger partial charge < -0.3 is 15.8 Å². The van der Waals surface area contributed by atoms with Crippen molar-refractivity contribution in [2.24, 2.45) is 0 Å². The Morgan fingerprint density at radius 2 is 2.02 bits per heavy atom. The highest BCUT2D eigenvalue weighted by atomic mass is 19.4. The molecule has 3 atom stereocenters. The number of hydrogen-bond acceptors (Lipinski definition) is 8. The lowest BCUT2D eigenvalue weighted by Crippen LogP contribution is -2.41. The van der Waals surface area contributed by atoms with Gasteiger partial charge in [-0.3, -0.25) is 14.7 Å². The topological polar surface area (TPSA) is 124 Å². The van der Waals surface area contributed by atoms with E-state index in [4.69, 9.17) is 10.5 Å². The second-order valence-corrected chi connectivity index (χ2v) is 9.77. The van der Waals surface area contributed by atoms with E-state index in [2.05, 4.69) is 25.4 Å². The third kappa shape index (κ3) is 4.37. The zero-order valence-corrected chi connectivity index (χ0v) is 21.2. The molecule has 1 aliphatic carbocycles. The number of amides is 1. The summed E-state index contributed by atoms with van der Waals surface area (Å²) in [5.41, 5.74) is 6.44. The van der Waals surface area contributed by atoms with E-state index in [0.29, 0.717) is 0 Å². The number of anilines is 1. The quantitative estimate of drug-likeness (QED) is 0.359. The average Bonchev–Trinajstić information content (AvgIpc) is 3.64. The van der Waals surface area contributed by atoms with Gasteiger partial charge in [0.1, 0.15) is 23.6 Å². The number of likely N-dealkylation sites (tertiary alicyclic amines) is 1. The van der Waals surface area contributed by atoms with Gasteiger partial charge in [0.2, 0.25) is 5.88 Å². The molecule has 2 aliphatic rings. The minimum Gasteiger partial charge on any atom is -0.480 e. The predicted octanol–water partition coefficient (Wildman–Crippen LogP) is 3.24. The maximum Gasteiger partial charge on any atom is 0.418 e. The SMILES string of the molecule is COc1ncc(-c2cc(C(F)(F)F)c3c(N)ncnn23)cc1C(=O)N[C@@H]1CN(C2CCc3ncccc32)C[C@@H]1F. The van der Waals surface area contributed by atoms with E-state index in [0.717, 1.165) is 41.0 Å². The number of methoxy groups -OCH3 is 1. The first kappa shape index (κ1) is 25.9. The summed E-state index contributed by atoms with van der Waals surface area (Å²) in [7, 11) is 1.31. The molecule has 5 heterocycles. The minimum atomic E-state index is -4.73. The van der Waals surface area contributed by atoms with Crippen LogP contribution in [0.25, 0.3) is 16.8 Å². The van der Waals surface area contributed by atoms with E-state index in [9.17, 15) is 18.0 Å². The van der Waals surface area contributed by atoms with Gasteiger partial charge >= 0.3 is 6.18 Å². The monoisotopic (exact) mass is 556 g/mol. The zero-order valence-electron chi connectivity index (χ0n) is 21.2. The Morgan fingerprint density at radius 3 is 2.80 bits per heavy atom. The van der Waals surface area contributed by atoms with Crippen molar-refractivity contribution in [1.82, 2.24) is 34.8 Å². The largest absolute Gasteiger partial charge is 0.480 e. The van der Waals surface area contributed by atoms with E-state index in [1.54, 1.807) is 6.20 Å². The van der Waals surface area contributed by atoms with Crippen LogP contribution in [0.1, 0.15) is 39.6 Å². The molecule has 0 spiro atoms. The molecule has 1 saturated heterocycles. The van der Waals surface area contributed by atoms with Crippen molar-refractivity contribution in [2.45, 2.75) is 37.3 Å². The van der Waals surface area contributed by atoms with Gasteiger partial charge in [-0.1, -0.05) is 6.07 Å². The lowest BCUT2D eigenvalue weighted by molar-refractivity contribution is -0.136. The Labute approximate surface area is 225 Å². The number of nitrogens with one attached hydrogen (secondary N) is 1. The molecule has 10 nitrogen and oxygen atoms in total. The molecule has 0 saturated carbocycles. The smallest absolute Gasteiger partial charge is 0.418 e. The number of halogens is 4. The summed E-state index contributed by atoms with van der Waals surface area (Å²) in [5.74, 6) is -1.08. The first-order valence-corrected chi connectivity index (χ1v) is 12.5. The molecular weight excluding hydrogens is 532 g/mol. The van der Waals surface area contributed by atoms with E-state index < -0.39 is 35.4 Å². The predicted molar refractivity (Wildman–Crippen MR) is 135 cm³/mol. The third-order valence-electron chi connectivity index (χ3n) is 7.45. The number of nitrogens with two attached hydrogens (primary N) is 1. The summed E-state index contributed by atoms with van der Waals surface area (Å²) in [5, 5.41) is 6.66. The number of rotatable bonds is 5. The number of hydrogen-bond donors (Lipinski definition) is 2. The van der Waals surface area contributed by atoms with Crippen molar-refractivity contribution >= 4 is 17.2 Å². The Kier molecular flexibility index (Phi) is 6.28. The van der Waals surface area contributed by atoms with Crippen LogP contribution in [-0.2, 0) is 12.6 Å². The number of nitrogens with zero attached hydrogens (tertiary/aromatic N) is 6. The number of carbonyl (C=O) groups excluding carboxylic acids is 1. The lowest BCUT2D eigenvalue weighted by atomic mass is 10.1. The number of fused-ring (bicyclic) bond motifs is 2. The van der Waals surface area contributed by atoms with Gasteiger partial charge in [0.25, 0.3) is 5.91 Å².